The highest BCUT2D eigenvalue weighted by Crippen LogP contribution is 2.27. The molecule has 0 aromatic heterocycles. The van der Waals surface area contributed by atoms with Crippen LogP contribution in [0.25, 0.3) is 0 Å². The molecular weight excluding hydrogens is 266 g/mol. The number of aromatic hydroxyl groups is 1. The third-order valence-corrected chi connectivity index (χ3v) is 4.40. The molecule has 1 atom stereocenters. The van der Waals surface area contributed by atoms with Crippen molar-refractivity contribution in [2.24, 2.45) is 5.73 Å². The minimum atomic E-state index is -0.498. The number of rotatable bonds is 4. The maximum Gasteiger partial charge on any atom is 0.239 e. The SMILES string of the molecule is N[C@@H](Cc1ccc(O)cc1)C(=O)N1CCN(C2CC2)CC1. The number of carbonyl (C=O) groups is 1. The summed E-state index contributed by atoms with van der Waals surface area (Å²) >= 11 is 0. The van der Waals surface area contributed by atoms with Crippen LogP contribution in [-0.4, -0.2) is 59.1 Å². The van der Waals surface area contributed by atoms with Gasteiger partial charge < -0.3 is 15.7 Å². The number of nitrogens with two attached hydrogens (primary N) is 1. The van der Waals surface area contributed by atoms with Gasteiger partial charge in [0, 0.05) is 32.2 Å². The quantitative estimate of drug-likeness (QED) is 0.850. The van der Waals surface area contributed by atoms with Crippen molar-refractivity contribution in [2.75, 3.05) is 26.2 Å². The van der Waals surface area contributed by atoms with Gasteiger partial charge in [0.25, 0.3) is 0 Å². The molecule has 114 valence electrons. The Kier molecular flexibility index (Phi) is 4.12. The van der Waals surface area contributed by atoms with Gasteiger partial charge in [-0.2, -0.15) is 0 Å². The van der Waals surface area contributed by atoms with Crippen molar-refractivity contribution in [1.82, 2.24) is 9.80 Å². The highest BCUT2D eigenvalue weighted by Gasteiger charge is 2.33. The molecule has 21 heavy (non-hydrogen) atoms. The smallest absolute Gasteiger partial charge is 0.239 e. The Bertz CT molecular complexity index is 491. The number of phenols is 1. The van der Waals surface area contributed by atoms with Crippen LogP contribution in [0.2, 0.25) is 0 Å². The molecule has 0 bridgehead atoms. The van der Waals surface area contributed by atoms with E-state index in [0.29, 0.717) is 6.42 Å². The van der Waals surface area contributed by atoms with Crippen molar-refractivity contribution in [2.45, 2.75) is 31.3 Å². The fourth-order valence-corrected chi connectivity index (χ4v) is 2.95. The first-order chi connectivity index (χ1) is 10.1. The Hall–Kier alpha value is -1.59. The molecule has 5 nitrogen and oxygen atoms in total. The first-order valence-electron chi connectivity index (χ1n) is 7.70. The normalized spacial score (nSPS) is 21.3. The highest BCUT2D eigenvalue weighted by atomic mass is 16.3. The summed E-state index contributed by atoms with van der Waals surface area (Å²) in [5, 5.41) is 9.27. The first kappa shape index (κ1) is 14.4. The molecule has 1 aromatic carbocycles. The second kappa shape index (κ2) is 6.03. The van der Waals surface area contributed by atoms with Gasteiger partial charge >= 0.3 is 0 Å². The van der Waals surface area contributed by atoms with E-state index in [9.17, 15) is 9.90 Å². The minimum absolute atomic E-state index is 0.0403. The Labute approximate surface area is 125 Å². The van der Waals surface area contributed by atoms with Gasteiger partial charge in [-0.3, -0.25) is 9.69 Å². The van der Waals surface area contributed by atoms with Crippen LogP contribution in [0.3, 0.4) is 0 Å². The van der Waals surface area contributed by atoms with E-state index in [1.807, 2.05) is 17.0 Å². The summed E-state index contributed by atoms with van der Waals surface area (Å²) in [5.41, 5.74) is 7.03. The van der Waals surface area contributed by atoms with Crippen LogP contribution in [-0.2, 0) is 11.2 Å². The monoisotopic (exact) mass is 289 g/mol. The molecule has 1 aliphatic carbocycles. The van der Waals surface area contributed by atoms with Crippen LogP contribution in [0.5, 0.6) is 5.75 Å². The zero-order valence-corrected chi connectivity index (χ0v) is 12.2. The van der Waals surface area contributed by atoms with E-state index in [0.717, 1.165) is 37.8 Å². The Morgan fingerprint density at radius 2 is 1.81 bits per heavy atom. The van der Waals surface area contributed by atoms with Crippen molar-refractivity contribution in [3.05, 3.63) is 29.8 Å². The molecule has 3 rings (SSSR count). The third-order valence-electron chi connectivity index (χ3n) is 4.40. The fraction of sp³-hybridized carbons (Fsp3) is 0.562. The van der Waals surface area contributed by atoms with E-state index in [2.05, 4.69) is 4.90 Å². The van der Waals surface area contributed by atoms with Crippen LogP contribution in [0.15, 0.2) is 24.3 Å². The summed E-state index contributed by atoms with van der Waals surface area (Å²) in [7, 11) is 0. The van der Waals surface area contributed by atoms with Crippen molar-refractivity contribution in [3.8, 4) is 5.75 Å². The van der Waals surface area contributed by atoms with Gasteiger partial charge in [0.1, 0.15) is 5.75 Å². The Balaban J connectivity index is 1.51. The van der Waals surface area contributed by atoms with Crippen molar-refractivity contribution in [3.63, 3.8) is 0 Å². The highest BCUT2D eigenvalue weighted by molar-refractivity contribution is 5.82. The van der Waals surface area contributed by atoms with Crippen LogP contribution in [0.1, 0.15) is 18.4 Å². The lowest BCUT2D eigenvalue weighted by Crippen LogP contribution is -2.54. The average molecular weight is 289 g/mol. The molecule has 0 radical (unpaired) electrons. The number of piperazine rings is 1. The zero-order chi connectivity index (χ0) is 14.8. The molecule has 0 spiro atoms. The minimum Gasteiger partial charge on any atom is -0.508 e. The predicted molar refractivity (Wildman–Crippen MR) is 81.0 cm³/mol. The summed E-state index contributed by atoms with van der Waals surface area (Å²) in [5.74, 6) is 0.272. The molecule has 5 heteroatoms. The van der Waals surface area contributed by atoms with Crippen LogP contribution in [0, 0.1) is 0 Å². The van der Waals surface area contributed by atoms with Crippen LogP contribution in [0.4, 0.5) is 0 Å². The summed E-state index contributed by atoms with van der Waals surface area (Å²) in [6, 6.07) is 7.15. The number of hydrogen-bond acceptors (Lipinski definition) is 4. The lowest BCUT2D eigenvalue weighted by atomic mass is 10.0. The summed E-state index contributed by atoms with van der Waals surface area (Å²) in [6.07, 6.45) is 3.14. The van der Waals surface area contributed by atoms with E-state index >= 15 is 0 Å². The van der Waals surface area contributed by atoms with Gasteiger partial charge in [-0.25, -0.2) is 0 Å². The maximum absolute atomic E-state index is 12.4. The number of carbonyl (C=O) groups excluding carboxylic acids is 1. The van der Waals surface area contributed by atoms with Crippen molar-refractivity contribution in [1.29, 1.82) is 0 Å². The first-order valence-corrected chi connectivity index (χ1v) is 7.70. The van der Waals surface area contributed by atoms with E-state index < -0.39 is 6.04 Å². The molecule has 3 N–H and O–H groups in total. The van der Waals surface area contributed by atoms with Crippen LogP contribution >= 0.6 is 0 Å². The average Bonchev–Trinajstić information content (AvgIpc) is 3.34. The van der Waals surface area contributed by atoms with Gasteiger partial charge in [-0.15, -0.1) is 0 Å². The van der Waals surface area contributed by atoms with E-state index in [1.54, 1.807) is 12.1 Å². The number of phenolic OH excluding ortho intramolecular Hbond substituents is 1. The molecule has 2 aliphatic rings. The number of amides is 1. The third kappa shape index (κ3) is 3.54. The lowest BCUT2D eigenvalue weighted by Gasteiger charge is -2.36. The zero-order valence-electron chi connectivity index (χ0n) is 12.2. The summed E-state index contributed by atoms with van der Waals surface area (Å²) < 4.78 is 0. The predicted octanol–water partition coefficient (Wildman–Crippen LogP) is 0.569. The van der Waals surface area contributed by atoms with Gasteiger partial charge in [-0.1, -0.05) is 12.1 Å². The Morgan fingerprint density at radius 3 is 2.38 bits per heavy atom. The second-order valence-corrected chi connectivity index (χ2v) is 6.07. The van der Waals surface area contributed by atoms with E-state index in [1.165, 1.54) is 12.8 Å². The second-order valence-electron chi connectivity index (χ2n) is 6.07. The summed E-state index contributed by atoms with van der Waals surface area (Å²) in [6.45, 7) is 3.53. The van der Waals surface area contributed by atoms with E-state index in [4.69, 9.17) is 5.73 Å². The van der Waals surface area contributed by atoms with E-state index in [-0.39, 0.29) is 11.7 Å². The fourth-order valence-electron chi connectivity index (χ4n) is 2.95. The van der Waals surface area contributed by atoms with Crippen molar-refractivity contribution >= 4 is 5.91 Å². The number of nitrogens with zero attached hydrogens (tertiary/aromatic N) is 2. The molecule has 1 saturated carbocycles. The van der Waals surface area contributed by atoms with Crippen molar-refractivity contribution < 1.29 is 9.90 Å². The Morgan fingerprint density at radius 1 is 1.19 bits per heavy atom. The topological polar surface area (TPSA) is 69.8 Å². The summed E-state index contributed by atoms with van der Waals surface area (Å²) in [4.78, 5) is 16.8. The molecule has 1 heterocycles. The maximum atomic E-state index is 12.4. The lowest BCUT2D eigenvalue weighted by molar-refractivity contribution is -0.134. The van der Waals surface area contributed by atoms with Crippen LogP contribution < -0.4 is 5.73 Å². The molecule has 1 aliphatic heterocycles. The van der Waals surface area contributed by atoms with Gasteiger partial charge in [0.2, 0.25) is 5.91 Å². The standard InChI is InChI=1S/C16H23N3O2/c17-15(11-12-1-5-14(20)6-2-12)16(21)19-9-7-18(8-10-19)13-3-4-13/h1-2,5-6,13,15,20H,3-4,7-11,17H2/t15-/m0/s1. The van der Waals surface area contributed by atoms with Gasteiger partial charge in [0.15, 0.2) is 0 Å². The molecule has 1 aromatic rings. The molecule has 1 saturated heterocycles. The molecule has 0 unspecified atom stereocenters. The molecule has 2 fully saturated rings. The van der Waals surface area contributed by atoms with Gasteiger partial charge in [0.05, 0.1) is 6.04 Å². The molecule has 1 amide bonds. The number of benzene rings is 1. The number of hydrogen-bond donors (Lipinski definition) is 2. The molecular formula is C16H23N3O2. The largest absolute Gasteiger partial charge is 0.508 e. The van der Waals surface area contributed by atoms with Gasteiger partial charge in [-0.05, 0) is 37.0 Å².